The van der Waals surface area contributed by atoms with Gasteiger partial charge in [0, 0.05) is 49.2 Å². The molecule has 2 aromatic rings. The molecular formula is C19H23N5O2. The number of piperidine rings is 1. The molecule has 3 heterocycles. The highest BCUT2D eigenvalue weighted by atomic mass is 16.2. The Hall–Kier alpha value is -2.70. The van der Waals surface area contributed by atoms with E-state index >= 15 is 0 Å². The Balaban J connectivity index is 1.44. The number of nitrogens with zero attached hydrogens (tertiary/aromatic N) is 4. The summed E-state index contributed by atoms with van der Waals surface area (Å²) < 4.78 is 0. The number of hydrogen-bond donors (Lipinski definition) is 1. The first-order valence-corrected chi connectivity index (χ1v) is 9.17. The van der Waals surface area contributed by atoms with Crippen LogP contribution in [-0.2, 0) is 0 Å². The van der Waals surface area contributed by atoms with Gasteiger partial charge >= 0.3 is 0 Å². The third-order valence-electron chi connectivity index (χ3n) is 5.17. The summed E-state index contributed by atoms with van der Waals surface area (Å²) in [6.07, 6.45) is 7.40. The van der Waals surface area contributed by atoms with Crippen molar-refractivity contribution in [3.8, 4) is 0 Å². The summed E-state index contributed by atoms with van der Waals surface area (Å²) in [4.78, 5) is 39.4. The van der Waals surface area contributed by atoms with Gasteiger partial charge in [-0.15, -0.1) is 0 Å². The van der Waals surface area contributed by atoms with Crippen molar-refractivity contribution in [2.75, 3.05) is 18.0 Å². The number of hydrogen-bond acceptors (Lipinski definition) is 5. The molecule has 0 bridgehead atoms. The topological polar surface area (TPSA) is 82.2 Å². The van der Waals surface area contributed by atoms with E-state index in [1.54, 1.807) is 12.4 Å². The van der Waals surface area contributed by atoms with Gasteiger partial charge in [-0.2, -0.15) is 0 Å². The predicted molar refractivity (Wildman–Crippen MR) is 98.3 cm³/mol. The number of aryl methyl sites for hydroxylation is 1. The maximum Gasteiger partial charge on any atom is 0.255 e. The van der Waals surface area contributed by atoms with E-state index in [-0.39, 0.29) is 11.5 Å². The summed E-state index contributed by atoms with van der Waals surface area (Å²) in [6.45, 7) is 3.42. The number of H-pyrrole nitrogens is 1. The van der Waals surface area contributed by atoms with Crippen molar-refractivity contribution in [2.45, 2.75) is 44.7 Å². The van der Waals surface area contributed by atoms with Crippen LogP contribution < -0.4 is 10.5 Å². The van der Waals surface area contributed by atoms with E-state index in [2.05, 4.69) is 25.9 Å². The lowest BCUT2D eigenvalue weighted by molar-refractivity contribution is 0.0711. The van der Waals surface area contributed by atoms with Crippen LogP contribution in [-0.4, -0.2) is 50.9 Å². The quantitative estimate of drug-likeness (QED) is 0.905. The maximum atomic E-state index is 12.6. The van der Waals surface area contributed by atoms with Crippen molar-refractivity contribution < 1.29 is 4.79 Å². The van der Waals surface area contributed by atoms with Gasteiger partial charge in [0.25, 0.3) is 5.91 Å². The Morgan fingerprint density at radius 3 is 2.50 bits per heavy atom. The number of aromatic amines is 1. The van der Waals surface area contributed by atoms with Gasteiger partial charge in [0.1, 0.15) is 12.1 Å². The molecule has 2 aromatic heterocycles. The smallest absolute Gasteiger partial charge is 0.255 e. The molecule has 4 rings (SSSR count). The molecule has 0 spiro atoms. The highest BCUT2D eigenvalue weighted by Crippen LogP contribution is 2.35. The highest BCUT2D eigenvalue weighted by molar-refractivity contribution is 5.93. The first kappa shape index (κ1) is 16.8. The van der Waals surface area contributed by atoms with Gasteiger partial charge in [0.2, 0.25) is 5.56 Å². The second kappa shape index (κ2) is 6.90. The van der Waals surface area contributed by atoms with E-state index in [1.807, 2.05) is 11.8 Å². The van der Waals surface area contributed by atoms with E-state index in [4.69, 9.17) is 0 Å². The summed E-state index contributed by atoms with van der Waals surface area (Å²) in [6, 6.07) is 6.00. The minimum Gasteiger partial charge on any atom is -0.350 e. The normalized spacial score (nSPS) is 18.0. The largest absolute Gasteiger partial charge is 0.350 e. The average molecular weight is 353 g/mol. The Labute approximate surface area is 152 Å². The van der Waals surface area contributed by atoms with Gasteiger partial charge in [-0.3, -0.25) is 9.59 Å². The summed E-state index contributed by atoms with van der Waals surface area (Å²) in [5, 5.41) is 0. The molecule has 1 saturated heterocycles. The highest BCUT2D eigenvalue weighted by Gasteiger charge is 2.37. The van der Waals surface area contributed by atoms with Crippen LogP contribution in [0.5, 0.6) is 0 Å². The van der Waals surface area contributed by atoms with Gasteiger partial charge in [0.05, 0.1) is 5.56 Å². The minimum absolute atomic E-state index is 0.0180. The second-order valence-corrected chi connectivity index (χ2v) is 7.12. The lowest BCUT2D eigenvalue weighted by Crippen LogP contribution is -2.48. The lowest BCUT2D eigenvalue weighted by Gasteiger charge is -2.39. The molecule has 2 fully saturated rings. The fourth-order valence-corrected chi connectivity index (χ4v) is 3.68. The zero-order chi connectivity index (χ0) is 18.1. The van der Waals surface area contributed by atoms with Crippen LogP contribution in [0.15, 0.2) is 35.5 Å². The van der Waals surface area contributed by atoms with E-state index in [9.17, 15) is 9.59 Å². The number of carbonyl (C=O) groups is 1. The van der Waals surface area contributed by atoms with Crippen LogP contribution >= 0.6 is 0 Å². The van der Waals surface area contributed by atoms with E-state index < -0.39 is 0 Å². The molecular weight excluding hydrogens is 330 g/mol. The second-order valence-electron chi connectivity index (χ2n) is 7.12. The molecule has 7 nitrogen and oxygen atoms in total. The van der Waals surface area contributed by atoms with Crippen LogP contribution in [0, 0.1) is 6.92 Å². The number of aromatic nitrogens is 3. The molecule has 1 N–H and O–H groups in total. The van der Waals surface area contributed by atoms with Crippen LogP contribution in [0.4, 0.5) is 5.82 Å². The van der Waals surface area contributed by atoms with Gasteiger partial charge < -0.3 is 14.8 Å². The number of likely N-dealkylation sites (tertiary alicyclic amines) is 1. The molecule has 1 saturated carbocycles. The molecule has 26 heavy (non-hydrogen) atoms. The van der Waals surface area contributed by atoms with E-state index in [1.165, 1.54) is 25.1 Å². The first-order chi connectivity index (χ1) is 12.6. The zero-order valence-electron chi connectivity index (χ0n) is 14.9. The number of nitrogens with one attached hydrogen (secondary N) is 1. The molecule has 0 unspecified atom stereocenters. The molecule has 0 atom stereocenters. The lowest BCUT2D eigenvalue weighted by atomic mass is 10.0. The molecule has 136 valence electrons. The first-order valence-electron chi connectivity index (χ1n) is 9.17. The van der Waals surface area contributed by atoms with Gasteiger partial charge in [-0.1, -0.05) is 0 Å². The Morgan fingerprint density at radius 1 is 1.15 bits per heavy atom. The van der Waals surface area contributed by atoms with Crippen LogP contribution in [0.1, 0.15) is 41.7 Å². The van der Waals surface area contributed by atoms with Crippen molar-refractivity contribution in [3.05, 3.63) is 52.3 Å². The number of carbonyl (C=O) groups excluding carboxylic acids is 1. The Bertz CT molecular complexity index is 833. The average Bonchev–Trinajstić information content (AvgIpc) is 3.48. The Kier molecular flexibility index (Phi) is 4.44. The summed E-state index contributed by atoms with van der Waals surface area (Å²) in [7, 11) is 0. The maximum absolute atomic E-state index is 12.6. The number of anilines is 1. The van der Waals surface area contributed by atoms with Gasteiger partial charge in [-0.05, 0) is 38.7 Å². The van der Waals surface area contributed by atoms with Crippen molar-refractivity contribution in [2.24, 2.45) is 0 Å². The van der Waals surface area contributed by atoms with Crippen LogP contribution in [0.3, 0.4) is 0 Å². The molecule has 7 heteroatoms. The van der Waals surface area contributed by atoms with Gasteiger partial charge in [0.15, 0.2) is 0 Å². The van der Waals surface area contributed by atoms with Crippen LogP contribution in [0.25, 0.3) is 0 Å². The molecule has 1 aliphatic carbocycles. The van der Waals surface area contributed by atoms with Gasteiger partial charge in [-0.25, -0.2) is 9.97 Å². The third-order valence-corrected chi connectivity index (χ3v) is 5.17. The van der Waals surface area contributed by atoms with Crippen LogP contribution in [0.2, 0.25) is 0 Å². The predicted octanol–water partition coefficient (Wildman–Crippen LogP) is 1.75. The van der Waals surface area contributed by atoms with Crippen molar-refractivity contribution in [3.63, 3.8) is 0 Å². The number of rotatable bonds is 4. The zero-order valence-corrected chi connectivity index (χ0v) is 14.9. The molecule has 2 aliphatic rings. The molecule has 1 amide bonds. The monoisotopic (exact) mass is 353 g/mol. The van der Waals surface area contributed by atoms with E-state index in [0.29, 0.717) is 17.6 Å². The molecule has 0 aromatic carbocycles. The fourth-order valence-electron chi connectivity index (χ4n) is 3.68. The fraction of sp³-hybridized carbons (Fsp3) is 0.474. The van der Waals surface area contributed by atoms with Crippen molar-refractivity contribution in [1.82, 2.24) is 19.9 Å². The minimum atomic E-state index is -0.194. The molecule has 1 aliphatic heterocycles. The third kappa shape index (κ3) is 3.47. The number of amides is 1. The van der Waals surface area contributed by atoms with Crippen molar-refractivity contribution in [1.29, 1.82) is 0 Å². The summed E-state index contributed by atoms with van der Waals surface area (Å²) in [5.41, 5.74) is 1.32. The number of pyridine rings is 1. The Morgan fingerprint density at radius 2 is 1.88 bits per heavy atom. The SMILES string of the molecule is Cc1cc(N(C2CC2)C2CCN(C(=O)c3ccc(=O)[nH]c3)CC2)ncn1. The summed E-state index contributed by atoms with van der Waals surface area (Å²) >= 11 is 0. The van der Waals surface area contributed by atoms with E-state index in [0.717, 1.165) is 37.4 Å². The summed E-state index contributed by atoms with van der Waals surface area (Å²) in [5.74, 6) is 0.987. The van der Waals surface area contributed by atoms with Crippen molar-refractivity contribution >= 4 is 11.7 Å². The molecule has 0 radical (unpaired) electrons. The standard InChI is InChI=1S/C19H23N5O2/c1-13-10-17(22-12-21-13)24(15-3-4-15)16-6-8-23(9-7-16)19(26)14-2-5-18(25)20-11-14/h2,5,10-12,15-16H,3-4,6-9H2,1H3,(H,20,25).